The van der Waals surface area contributed by atoms with Gasteiger partial charge >= 0.3 is 6.18 Å². The largest absolute Gasteiger partial charge is 0.493 e. The number of aryl methyl sites for hydroxylation is 1. The lowest BCUT2D eigenvalue weighted by Gasteiger charge is -2.34. The van der Waals surface area contributed by atoms with Crippen molar-refractivity contribution in [2.75, 3.05) is 40.4 Å². The molecule has 9 heteroatoms. The number of nitrogens with zero attached hydrogens (tertiary/aromatic N) is 3. The molecule has 34 heavy (non-hydrogen) atoms. The fraction of sp³-hybridized carbons (Fsp3) is 0.400. The zero-order valence-electron chi connectivity index (χ0n) is 19.6. The van der Waals surface area contributed by atoms with Gasteiger partial charge in [-0.05, 0) is 36.8 Å². The smallest absolute Gasteiger partial charge is 0.416 e. The predicted octanol–water partition coefficient (Wildman–Crippen LogP) is 4.74. The third-order valence-electron chi connectivity index (χ3n) is 6.16. The van der Waals surface area contributed by atoms with Gasteiger partial charge < -0.3 is 14.5 Å². The normalized spacial score (nSPS) is 15.5. The van der Waals surface area contributed by atoms with E-state index in [9.17, 15) is 13.2 Å². The first-order valence-corrected chi connectivity index (χ1v) is 11.2. The lowest BCUT2D eigenvalue weighted by Crippen LogP contribution is -2.45. The van der Waals surface area contributed by atoms with E-state index in [0.29, 0.717) is 17.9 Å². The number of nitrogens with one attached hydrogen (secondary N) is 1. The number of aromatic nitrogens is 2. The predicted molar refractivity (Wildman–Crippen MR) is 124 cm³/mol. The zero-order valence-corrected chi connectivity index (χ0v) is 19.6. The van der Waals surface area contributed by atoms with E-state index in [1.54, 1.807) is 14.2 Å². The second-order valence-corrected chi connectivity index (χ2v) is 8.47. The van der Waals surface area contributed by atoms with Crippen molar-refractivity contribution in [3.05, 3.63) is 65.0 Å². The molecule has 3 aromatic rings. The van der Waals surface area contributed by atoms with Crippen LogP contribution in [0.1, 0.15) is 22.5 Å². The number of hydrogen-bond acceptors (Lipinski definition) is 5. The van der Waals surface area contributed by atoms with Gasteiger partial charge in [0.2, 0.25) is 0 Å². The molecule has 0 saturated carbocycles. The summed E-state index contributed by atoms with van der Waals surface area (Å²) in [7, 11) is 3.27. The van der Waals surface area contributed by atoms with Crippen LogP contribution in [0.5, 0.6) is 11.5 Å². The molecule has 0 aliphatic carbocycles. The van der Waals surface area contributed by atoms with Gasteiger partial charge in [-0.15, -0.1) is 0 Å². The molecule has 2 heterocycles. The monoisotopic (exact) mass is 474 g/mol. The molecule has 4 rings (SSSR count). The second-order valence-electron chi connectivity index (χ2n) is 8.47. The minimum atomic E-state index is -4.34. The Hall–Kier alpha value is -3.04. The molecule has 1 fully saturated rings. The Morgan fingerprint density at radius 1 is 0.882 bits per heavy atom. The van der Waals surface area contributed by atoms with E-state index in [-0.39, 0.29) is 0 Å². The van der Waals surface area contributed by atoms with E-state index < -0.39 is 11.7 Å². The van der Waals surface area contributed by atoms with Crippen molar-refractivity contribution in [3.63, 3.8) is 0 Å². The second kappa shape index (κ2) is 10.1. The number of alkyl halides is 3. The quantitative estimate of drug-likeness (QED) is 0.536. The molecule has 0 radical (unpaired) electrons. The number of methoxy groups -OCH3 is 2. The summed E-state index contributed by atoms with van der Waals surface area (Å²) in [6, 6.07) is 11.1. The minimum absolute atomic E-state index is 0.591. The molecule has 0 unspecified atom stereocenters. The fourth-order valence-electron chi connectivity index (χ4n) is 4.16. The van der Waals surface area contributed by atoms with Crippen LogP contribution >= 0.6 is 0 Å². The minimum Gasteiger partial charge on any atom is -0.493 e. The van der Waals surface area contributed by atoms with Gasteiger partial charge in [-0.1, -0.05) is 18.2 Å². The number of hydrogen-bond donors (Lipinski definition) is 1. The van der Waals surface area contributed by atoms with Crippen molar-refractivity contribution in [2.45, 2.75) is 26.2 Å². The van der Waals surface area contributed by atoms with E-state index in [0.717, 1.165) is 67.7 Å². The molecule has 1 saturated heterocycles. The number of benzene rings is 2. The van der Waals surface area contributed by atoms with Crippen molar-refractivity contribution >= 4 is 0 Å². The summed E-state index contributed by atoms with van der Waals surface area (Å²) < 4.78 is 49.2. The molecule has 0 bridgehead atoms. The van der Waals surface area contributed by atoms with Gasteiger partial charge in [-0.25, -0.2) is 4.98 Å². The van der Waals surface area contributed by atoms with Crippen LogP contribution in [-0.4, -0.2) is 60.2 Å². The highest BCUT2D eigenvalue weighted by Crippen LogP contribution is 2.31. The zero-order chi connectivity index (χ0) is 24.3. The molecule has 6 nitrogen and oxygen atoms in total. The SMILES string of the molecule is COc1ccc(CN2CCN(Cc3nc(-c4ccc(C(F)(F)F)cc4)[nH]c3C)CC2)cc1OC. The van der Waals surface area contributed by atoms with Crippen LogP contribution < -0.4 is 9.47 Å². The third kappa shape index (κ3) is 5.53. The first-order valence-electron chi connectivity index (χ1n) is 11.2. The Balaban J connectivity index is 1.33. The summed E-state index contributed by atoms with van der Waals surface area (Å²) in [5, 5.41) is 0. The number of halogens is 3. The van der Waals surface area contributed by atoms with E-state index in [1.807, 2.05) is 19.1 Å². The van der Waals surface area contributed by atoms with Gasteiger partial charge in [0, 0.05) is 50.5 Å². The summed E-state index contributed by atoms with van der Waals surface area (Å²) >= 11 is 0. The van der Waals surface area contributed by atoms with Gasteiger partial charge in [0.05, 0.1) is 25.5 Å². The number of ether oxygens (including phenoxy) is 2. The highest BCUT2D eigenvalue weighted by atomic mass is 19.4. The van der Waals surface area contributed by atoms with E-state index in [2.05, 4.69) is 25.8 Å². The van der Waals surface area contributed by atoms with Gasteiger partial charge in [-0.3, -0.25) is 9.80 Å². The number of aromatic amines is 1. The van der Waals surface area contributed by atoms with Gasteiger partial charge in [0.25, 0.3) is 0 Å². The van der Waals surface area contributed by atoms with Crippen molar-refractivity contribution in [3.8, 4) is 22.9 Å². The Bertz CT molecular complexity index is 1100. The van der Waals surface area contributed by atoms with Crippen LogP contribution in [0.15, 0.2) is 42.5 Å². The molecule has 1 aliphatic rings. The van der Waals surface area contributed by atoms with E-state index >= 15 is 0 Å². The highest BCUT2D eigenvalue weighted by molar-refractivity contribution is 5.56. The molecule has 0 spiro atoms. The summed E-state index contributed by atoms with van der Waals surface area (Å²) in [5.41, 5.74) is 3.01. The summed E-state index contributed by atoms with van der Waals surface area (Å²) in [6.45, 7) is 7.18. The van der Waals surface area contributed by atoms with Crippen LogP contribution in [-0.2, 0) is 19.3 Å². The maximum atomic E-state index is 12.8. The Labute approximate surface area is 197 Å². The van der Waals surface area contributed by atoms with Gasteiger partial charge in [0.15, 0.2) is 11.5 Å². The average molecular weight is 475 g/mol. The standard InChI is InChI=1S/C25H29F3N4O2/c1-17-21(30-24(29-17)19-5-7-20(8-6-19)25(26,27)28)16-32-12-10-31(11-13-32)15-18-4-9-22(33-2)23(14-18)34-3/h4-9,14H,10-13,15-16H2,1-3H3,(H,29,30). The number of imidazole rings is 1. The van der Waals surface area contributed by atoms with Crippen molar-refractivity contribution < 1.29 is 22.6 Å². The molecule has 0 atom stereocenters. The van der Waals surface area contributed by atoms with Crippen molar-refractivity contribution in [1.29, 1.82) is 0 Å². The maximum absolute atomic E-state index is 12.8. The molecule has 1 aromatic heterocycles. The van der Waals surface area contributed by atoms with Crippen LogP contribution in [0.2, 0.25) is 0 Å². The topological polar surface area (TPSA) is 53.6 Å². The lowest BCUT2D eigenvalue weighted by molar-refractivity contribution is -0.137. The van der Waals surface area contributed by atoms with Crippen LogP contribution in [0.25, 0.3) is 11.4 Å². The van der Waals surface area contributed by atoms with Gasteiger partial charge in [-0.2, -0.15) is 13.2 Å². The van der Waals surface area contributed by atoms with Crippen LogP contribution in [0, 0.1) is 6.92 Å². The van der Waals surface area contributed by atoms with E-state index in [4.69, 9.17) is 9.47 Å². The van der Waals surface area contributed by atoms with Crippen molar-refractivity contribution in [2.24, 2.45) is 0 Å². The summed E-state index contributed by atoms with van der Waals surface area (Å²) in [5.74, 6) is 2.05. The first-order chi connectivity index (χ1) is 16.3. The Morgan fingerprint density at radius 2 is 1.50 bits per heavy atom. The average Bonchev–Trinajstić information content (AvgIpc) is 3.19. The van der Waals surface area contributed by atoms with Gasteiger partial charge in [0.1, 0.15) is 5.82 Å². The summed E-state index contributed by atoms with van der Waals surface area (Å²) in [4.78, 5) is 12.6. The fourth-order valence-corrected chi connectivity index (χ4v) is 4.16. The Morgan fingerprint density at radius 3 is 2.09 bits per heavy atom. The number of H-pyrrole nitrogens is 1. The maximum Gasteiger partial charge on any atom is 0.416 e. The Kier molecular flexibility index (Phi) is 7.13. The molecule has 182 valence electrons. The molecule has 0 amide bonds. The molecular formula is C25H29F3N4O2. The molecular weight excluding hydrogens is 445 g/mol. The first kappa shape index (κ1) is 24.1. The molecule has 1 aliphatic heterocycles. The molecule has 2 aromatic carbocycles. The van der Waals surface area contributed by atoms with Crippen LogP contribution in [0.4, 0.5) is 13.2 Å². The number of rotatable bonds is 7. The highest BCUT2D eigenvalue weighted by Gasteiger charge is 2.30. The summed E-state index contributed by atoms with van der Waals surface area (Å²) in [6.07, 6.45) is -4.34. The lowest BCUT2D eigenvalue weighted by atomic mass is 10.1. The van der Waals surface area contributed by atoms with E-state index in [1.165, 1.54) is 17.7 Å². The van der Waals surface area contributed by atoms with Crippen LogP contribution in [0.3, 0.4) is 0 Å². The third-order valence-corrected chi connectivity index (χ3v) is 6.16. The number of piperazine rings is 1. The van der Waals surface area contributed by atoms with Crippen molar-refractivity contribution in [1.82, 2.24) is 19.8 Å². The molecule has 1 N–H and O–H groups in total.